The van der Waals surface area contributed by atoms with Crippen molar-refractivity contribution in [2.45, 2.75) is 57.6 Å². The van der Waals surface area contributed by atoms with Crippen LogP contribution in [0.3, 0.4) is 0 Å². The Balaban J connectivity index is 2.22. The molecule has 0 aromatic heterocycles. The summed E-state index contributed by atoms with van der Waals surface area (Å²) in [5.74, 6) is 0. The fraction of sp³-hybridized carbons (Fsp3) is 0.647. The highest BCUT2D eigenvalue weighted by molar-refractivity contribution is 5.34. The van der Waals surface area contributed by atoms with E-state index in [4.69, 9.17) is 0 Å². The van der Waals surface area contributed by atoms with E-state index < -0.39 is 0 Å². The highest BCUT2D eigenvalue weighted by atomic mass is 16.3. The van der Waals surface area contributed by atoms with Gasteiger partial charge in [-0.25, -0.2) is 0 Å². The molecule has 1 fully saturated rings. The Kier molecular flexibility index (Phi) is 4.32. The summed E-state index contributed by atoms with van der Waals surface area (Å²) < 4.78 is 0. The first-order valence-electron chi connectivity index (χ1n) is 7.38. The zero-order chi connectivity index (χ0) is 14.0. The van der Waals surface area contributed by atoms with Gasteiger partial charge in [-0.3, -0.25) is 0 Å². The number of likely N-dealkylation sites (N-methyl/N-ethyl adjacent to an activating group) is 1. The van der Waals surface area contributed by atoms with Crippen molar-refractivity contribution in [2.24, 2.45) is 0 Å². The average Bonchev–Trinajstić information content (AvgIpc) is 2.84. The van der Waals surface area contributed by atoms with Gasteiger partial charge in [0.2, 0.25) is 0 Å². The molecule has 1 aromatic rings. The highest BCUT2D eigenvalue weighted by Gasteiger charge is 2.42. The minimum Gasteiger partial charge on any atom is -0.391 e. The maximum absolute atomic E-state index is 10.8. The molecule has 2 rings (SSSR count). The molecule has 0 bridgehead atoms. The molecule has 1 aliphatic rings. The van der Waals surface area contributed by atoms with Crippen molar-refractivity contribution in [1.29, 1.82) is 0 Å². The van der Waals surface area contributed by atoms with Crippen molar-refractivity contribution in [3.05, 3.63) is 34.9 Å². The number of hydrogen-bond donors (Lipinski definition) is 1. The van der Waals surface area contributed by atoms with Crippen LogP contribution in [0, 0.1) is 13.8 Å². The molecule has 2 nitrogen and oxygen atoms in total. The van der Waals surface area contributed by atoms with Gasteiger partial charge in [-0.1, -0.05) is 31.0 Å². The predicted molar refractivity (Wildman–Crippen MR) is 80.5 cm³/mol. The van der Waals surface area contributed by atoms with E-state index in [1.165, 1.54) is 29.5 Å². The quantitative estimate of drug-likeness (QED) is 0.900. The fourth-order valence-corrected chi connectivity index (χ4v) is 3.62. The smallest absolute Gasteiger partial charge is 0.0764 e. The largest absolute Gasteiger partial charge is 0.391 e. The molecule has 0 heterocycles. The number of aryl methyl sites for hydroxylation is 2. The van der Waals surface area contributed by atoms with E-state index in [-0.39, 0.29) is 11.6 Å². The molecule has 0 saturated heterocycles. The third-order valence-corrected chi connectivity index (χ3v) is 5.02. The number of aliphatic hydroxyl groups is 1. The number of benzene rings is 1. The first kappa shape index (κ1) is 14.5. The Morgan fingerprint density at radius 3 is 2.16 bits per heavy atom. The standard InChI is InChI=1S/C17H27NO/c1-13-8-7-9-14(2)15(13)12-16(19)17(18(3)4)10-5-6-11-17/h7-9,16,19H,5-6,10-12H2,1-4H3. The summed E-state index contributed by atoms with van der Waals surface area (Å²) in [6.45, 7) is 4.29. The Morgan fingerprint density at radius 2 is 1.68 bits per heavy atom. The van der Waals surface area contributed by atoms with Crippen molar-refractivity contribution in [3.63, 3.8) is 0 Å². The average molecular weight is 261 g/mol. The van der Waals surface area contributed by atoms with Crippen LogP contribution in [0.5, 0.6) is 0 Å². The van der Waals surface area contributed by atoms with Gasteiger partial charge in [0.1, 0.15) is 0 Å². The molecule has 0 radical (unpaired) electrons. The fourth-order valence-electron chi connectivity index (χ4n) is 3.62. The van der Waals surface area contributed by atoms with E-state index in [2.05, 4.69) is 51.0 Å². The lowest BCUT2D eigenvalue weighted by Gasteiger charge is -2.41. The molecule has 0 aliphatic heterocycles. The van der Waals surface area contributed by atoms with Gasteiger partial charge in [-0.05, 0) is 57.5 Å². The van der Waals surface area contributed by atoms with E-state index in [1.807, 2.05) is 0 Å². The maximum Gasteiger partial charge on any atom is 0.0764 e. The van der Waals surface area contributed by atoms with Gasteiger partial charge in [0, 0.05) is 12.0 Å². The molecular formula is C17H27NO. The van der Waals surface area contributed by atoms with Gasteiger partial charge in [-0.15, -0.1) is 0 Å². The molecule has 0 spiro atoms. The van der Waals surface area contributed by atoms with Crippen LogP contribution in [0.15, 0.2) is 18.2 Å². The van der Waals surface area contributed by atoms with Crippen LogP contribution in [-0.4, -0.2) is 35.7 Å². The van der Waals surface area contributed by atoms with Crippen LogP contribution >= 0.6 is 0 Å². The van der Waals surface area contributed by atoms with E-state index in [1.54, 1.807) is 0 Å². The molecule has 1 aliphatic carbocycles. The minimum atomic E-state index is -0.273. The van der Waals surface area contributed by atoms with Crippen molar-refractivity contribution in [3.8, 4) is 0 Å². The van der Waals surface area contributed by atoms with Gasteiger partial charge in [0.05, 0.1) is 6.10 Å². The molecule has 19 heavy (non-hydrogen) atoms. The Morgan fingerprint density at radius 1 is 1.16 bits per heavy atom. The molecule has 106 valence electrons. The molecular weight excluding hydrogens is 234 g/mol. The number of aliphatic hydroxyl groups excluding tert-OH is 1. The van der Waals surface area contributed by atoms with Gasteiger partial charge in [0.25, 0.3) is 0 Å². The lowest BCUT2D eigenvalue weighted by atomic mass is 9.83. The topological polar surface area (TPSA) is 23.5 Å². The summed E-state index contributed by atoms with van der Waals surface area (Å²) in [6, 6.07) is 6.38. The van der Waals surface area contributed by atoms with Gasteiger partial charge in [-0.2, -0.15) is 0 Å². The van der Waals surface area contributed by atoms with Crippen LogP contribution < -0.4 is 0 Å². The predicted octanol–water partition coefficient (Wildman–Crippen LogP) is 3.08. The third-order valence-electron chi connectivity index (χ3n) is 5.02. The Bertz CT molecular complexity index is 413. The zero-order valence-electron chi connectivity index (χ0n) is 12.7. The summed E-state index contributed by atoms with van der Waals surface area (Å²) in [4.78, 5) is 2.25. The van der Waals surface area contributed by atoms with Crippen molar-refractivity contribution >= 4 is 0 Å². The van der Waals surface area contributed by atoms with Crippen molar-refractivity contribution < 1.29 is 5.11 Å². The van der Waals surface area contributed by atoms with Crippen LogP contribution in [0.1, 0.15) is 42.4 Å². The molecule has 0 amide bonds. The van der Waals surface area contributed by atoms with Gasteiger partial charge in [0.15, 0.2) is 0 Å². The van der Waals surface area contributed by atoms with Crippen molar-refractivity contribution in [1.82, 2.24) is 4.90 Å². The second kappa shape index (κ2) is 5.64. The monoisotopic (exact) mass is 261 g/mol. The number of rotatable bonds is 4. The second-order valence-electron chi connectivity index (χ2n) is 6.30. The molecule has 2 heteroatoms. The number of nitrogens with zero attached hydrogens (tertiary/aromatic N) is 1. The highest BCUT2D eigenvalue weighted by Crippen LogP contribution is 2.38. The Labute approximate surface area is 117 Å². The molecule has 1 N–H and O–H groups in total. The van der Waals surface area contributed by atoms with Crippen LogP contribution in [0.2, 0.25) is 0 Å². The molecule has 1 aromatic carbocycles. The summed E-state index contributed by atoms with van der Waals surface area (Å²) in [6.07, 6.45) is 5.21. The molecule has 1 atom stereocenters. The SMILES string of the molecule is Cc1cccc(C)c1CC(O)C1(N(C)C)CCCC1. The van der Waals surface area contributed by atoms with E-state index in [0.29, 0.717) is 0 Å². The molecule has 1 saturated carbocycles. The first-order chi connectivity index (χ1) is 8.97. The Hall–Kier alpha value is -0.860. The molecule has 1 unspecified atom stereocenters. The number of hydrogen-bond acceptors (Lipinski definition) is 2. The normalized spacial score (nSPS) is 19.9. The third kappa shape index (κ3) is 2.70. The maximum atomic E-state index is 10.8. The van der Waals surface area contributed by atoms with Crippen LogP contribution in [0.25, 0.3) is 0 Å². The van der Waals surface area contributed by atoms with Crippen molar-refractivity contribution in [2.75, 3.05) is 14.1 Å². The van der Waals surface area contributed by atoms with Crippen LogP contribution in [-0.2, 0) is 6.42 Å². The summed E-state index contributed by atoms with van der Waals surface area (Å²) in [7, 11) is 4.22. The van der Waals surface area contributed by atoms with E-state index in [9.17, 15) is 5.11 Å². The summed E-state index contributed by atoms with van der Waals surface area (Å²) in [5, 5.41) is 10.8. The van der Waals surface area contributed by atoms with Crippen LogP contribution in [0.4, 0.5) is 0 Å². The zero-order valence-corrected chi connectivity index (χ0v) is 12.7. The van der Waals surface area contributed by atoms with E-state index in [0.717, 1.165) is 19.3 Å². The second-order valence-corrected chi connectivity index (χ2v) is 6.30. The van der Waals surface area contributed by atoms with Gasteiger partial charge < -0.3 is 10.0 Å². The van der Waals surface area contributed by atoms with Gasteiger partial charge >= 0.3 is 0 Å². The summed E-state index contributed by atoms with van der Waals surface area (Å²) in [5.41, 5.74) is 3.90. The lowest BCUT2D eigenvalue weighted by molar-refractivity contribution is -0.00266. The lowest BCUT2D eigenvalue weighted by Crippen LogP contribution is -2.52. The minimum absolute atomic E-state index is 0.0191. The first-order valence-corrected chi connectivity index (χ1v) is 7.38. The summed E-state index contributed by atoms with van der Waals surface area (Å²) >= 11 is 0. The van der Waals surface area contributed by atoms with E-state index >= 15 is 0 Å².